The Hall–Kier alpha value is 0.310. The van der Waals surface area contributed by atoms with E-state index in [9.17, 15) is 0 Å². The molecule has 0 radical (unpaired) electrons. The van der Waals surface area contributed by atoms with Crippen LogP contribution >= 0.6 is 11.8 Å². The van der Waals surface area contributed by atoms with Gasteiger partial charge in [-0.1, -0.05) is 0 Å². The highest BCUT2D eigenvalue weighted by Crippen LogP contribution is 2.29. The lowest BCUT2D eigenvalue weighted by atomic mass is 10.3. The molecule has 2 heteroatoms. The van der Waals surface area contributed by atoms with Crippen LogP contribution in [0.4, 0.5) is 0 Å². The summed E-state index contributed by atoms with van der Waals surface area (Å²) in [6, 6.07) is 0. The van der Waals surface area contributed by atoms with Crippen molar-refractivity contribution in [2.75, 3.05) is 12.9 Å². The Labute approximate surface area is 67.5 Å². The molecule has 0 amide bonds. The van der Waals surface area contributed by atoms with Crippen molar-refractivity contribution < 1.29 is 4.74 Å². The van der Waals surface area contributed by atoms with Gasteiger partial charge in [0.25, 0.3) is 0 Å². The van der Waals surface area contributed by atoms with E-state index in [2.05, 4.69) is 13.2 Å². The molecule has 0 spiro atoms. The highest BCUT2D eigenvalue weighted by Gasteiger charge is 2.23. The molecule has 0 aromatic rings. The van der Waals surface area contributed by atoms with E-state index < -0.39 is 0 Å². The van der Waals surface area contributed by atoms with E-state index in [0.717, 1.165) is 11.9 Å². The summed E-state index contributed by atoms with van der Waals surface area (Å²) in [7, 11) is 0. The SMILES string of the molecule is CCOC1CCC(SC)C1. The normalized spacial score (nSPS) is 33.0. The minimum atomic E-state index is 0.572. The van der Waals surface area contributed by atoms with Crippen LogP contribution in [0.3, 0.4) is 0 Å². The van der Waals surface area contributed by atoms with Crippen LogP contribution in [0.5, 0.6) is 0 Å². The van der Waals surface area contributed by atoms with Gasteiger partial charge in [0.2, 0.25) is 0 Å². The van der Waals surface area contributed by atoms with Gasteiger partial charge in [-0.3, -0.25) is 0 Å². The molecule has 2 atom stereocenters. The Morgan fingerprint density at radius 3 is 2.80 bits per heavy atom. The Morgan fingerprint density at radius 1 is 1.50 bits per heavy atom. The maximum atomic E-state index is 5.52. The predicted octanol–water partition coefficient (Wildman–Crippen LogP) is 2.31. The lowest BCUT2D eigenvalue weighted by molar-refractivity contribution is 0.0688. The van der Waals surface area contributed by atoms with Gasteiger partial charge in [0, 0.05) is 11.9 Å². The summed E-state index contributed by atoms with van der Waals surface area (Å²) in [5.74, 6) is 0. The summed E-state index contributed by atoms with van der Waals surface area (Å²) in [4.78, 5) is 0. The molecule has 0 aromatic carbocycles. The maximum absolute atomic E-state index is 5.52. The topological polar surface area (TPSA) is 9.23 Å². The number of hydrogen-bond acceptors (Lipinski definition) is 2. The molecule has 2 unspecified atom stereocenters. The van der Waals surface area contributed by atoms with Gasteiger partial charge < -0.3 is 4.74 Å². The van der Waals surface area contributed by atoms with Crippen LogP contribution in [0.25, 0.3) is 0 Å². The average molecular weight is 160 g/mol. The molecule has 10 heavy (non-hydrogen) atoms. The molecule has 0 aromatic heterocycles. The van der Waals surface area contributed by atoms with Gasteiger partial charge in [0.1, 0.15) is 0 Å². The summed E-state index contributed by atoms with van der Waals surface area (Å²) < 4.78 is 5.52. The molecule has 1 nitrogen and oxygen atoms in total. The van der Waals surface area contributed by atoms with Crippen molar-refractivity contribution in [1.29, 1.82) is 0 Å². The third-order valence-electron chi connectivity index (χ3n) is 2.07. The highest BCUT2D eigenvalue weighted by atomic mass is 32.2. The molecule has 1 aliphatic carbocycles. The lowest BCUT2D eigenvalue weighted by Gasteiger charge is -2.08. The summed E-state index contributed by atoms with van der Waals surface area (Å²) in [6.07, 6.45) is 6.67. The number of rotatable bonds is 3. The van der Waals surface area contributed by atoms with Crippen molar-refractivity contribution in [3.8, 4) is 0 Å². The molecule has 0 N–H and O–H groups in total. The molecular formula is C8H16OS. The second kappa shape index (κ2) is 4.24. The van der Waals surface area contributed by atoms with Crippen LogP contribution in [-0.2, 0) is 4.74 Å². The quantitative estimate of drug-likeness (QED) is 0.626. The average Bonchev–Trinajstić information content (AvgIpc) is 2.37. The fourth-order valence-corrected chi connectivity index (χ4v) is 2.28. The zero-order valence-corrected chi connectivity index (χ0v) is 7.62. The number of thioether (sulfide) groups is 1. The monoisotopic (exact) mass is 160 g/mol. The lowest BCUT2D eigenvalue weighted by Crippen LogP contribution is -2.08. The molecule has 0 saturated heterocycles. The first kappa shape index (κ1) is 8.41. The number of hydrogen-bond donors (Lipinski definition) is 0. The van der Waals surface area contributed by atoms with Crippen molar-refractivity contribution in [1.82, 2.24) is 0 Å². The highest BCUT2D eigenvalue weighted by molar-refractivity contribution is 7.99. The zero-order chi connectivity index (χ0) is 7.40. The summed E-state index contributed by atoms with van der Waals surface area (Å²) in [6.45, 7) is 2.96. The van der Waals surface area contributed by atoms with Crippen molar-refractivity contribution in [2.24, 2.45) is 0 Å². The first-order chi connectivity index (χ1) is 4.86. The first-order valence-electron chi connectivity index (χ1n) is 4.01. The van der Waals surface area contributed by atoms with Crippen molar-refractivity contribution in [3.05, 3.63) is 0 Å². The standard InChI is InChI=1S/C8H16OS/c1-3-9-7-4-5-8(6-7)10-2/h7-8H,3-6H2,1-2H3. The molecule has 1 aliphatic rings. The van der Waals surface area contributed by atoms with Gasteiger partial charge >= 0.3 is 0 Å². The van der Waals surface area contributed by atoms with Crippen molar-refractivity contribution in [3.63, 3.8) is 0 Å². The summed E-state index contributed by atoms with van der Waals surface area (Å²) in [5.41, 5.74) is 0. The molecule has 0 bridgehead atoms. The van der Waals surface area contributed by atoms with Gasteiger partial charge in [-0.15, -0.1) is 0 Å². The van der Waals surface area contributed by atoms with Crippen LogP contribution < -0.4 is 0 Å². The Bertz CT molecular complexity index is 95.3. The van der Waals surface area contributed by atoms with Crippen molar-refractivity contribution in [2.45, 2.75) is 37.5 Å². The molecule has 1 saturated carbocycles. The fourth-order valence-electron chi connectivity index (χ4n) is 1.50. The van der Waals surface area contributed by atoms with E-state index in [1.54, 1.807) is 0 Å². The second-order valence-electron chi connectivity index (χ2n) is 2.75. The van der Waals surface area contributed by atoms with E-state index in [1.165, 1.54) is 19.3 Å². The minimum Gasteiger partial charge on any atom is -0.378 e. The Morgan fingerprint density at radius 2 is 2.30 bits per heavy atom. The molecular weight excluding hydrogens is 144 g/mol. The molecule has 0 heterocycles. The van der Waals surface area contributed by atoms with E-state index in [0.29, 0.717) is 6.10 Å². The third-order valence-corrected chi connectivity index (χ3v) is 3.17. The van der Waals surface area contributed by atoms with Crippen LogP contribution in [0.1, 0.15) is 26.2 Å². The molecule has 0 aliphatic heterocycles. The summed E-state index contributed by atoms with van der Waals surface area (Å²) >= 11 is 1.98. The van der Waals surface area contributed by atoms with E-state index in [4.69, 9.17) is 4.74 Å². The maximum Gasteiger partial charge on any atom is 0.0586 e. The van der Waals surface area contributed by atoms with Crippen molar-refractivity contribution >= 4 is 11.8 Å². The van der Waals surface area contributed by atoms with Crippen LogP contribution in [0, 0.1) is 0 Å². The minimum absolute atomic E-state index is 0.572. The third kappa shape index (κ3) is 2.17. The largest absolute Gasteiger partial charge is 0.378 e. The summed E-state index contributed by atoms with van der Waals surface area (Å²) in [5, 5.41) is 0.872. The molecule has 1 fully saturated rings. The predicted molar refractivity (Wildman–Crippen MR) is 46.6 cm³/mol. The van der Waals surface area contributed by atoms with Gasteiger partial charge in [0.05, 0.1) is 6.10 Å². The van der Waals surface area contributed by atoms with Gasteiger partial charge in [-0.2, -0.15) is 11.8 Å². The van der Waals surface area contributed by atoms with E-state index >= 15 is 0 Å². The van der Waals surface area contributed by atoms with Gasteiger partial charge in [-0.05, 0) is 32.4 Å². The van der Waals surface area contributed by atoms with Crippen LogP contribution in [-0.4, -0.2) is 24.2 Å². The number of ether oxygens (including phenoxy) is 1. The van der Waals surface area contributed by atoms with Gasteiger partial charge in [-0.25, -0.2) is 0 Å². The Kier molecular flexibility index (Phi) is 3.57. The van der Waals surface area contributed by atoms with E-state index in [1.807, 2.05) is 11.8 Å². The Balaban J connectivity index is 2.15. The van der Waals surface area contributed by atoms with Crippen LogP contribution in [0.2, 0.25) is 0 Å². The van der Waals surface area contributed by atoms with Crippen LogP contribution in [0.15, 0.2) is 0 Å². The molecule has 1 rings (SSSR count). The van der Waals surface area contributed by atoms with Gasteiger partial charge in [0.15, 0.2) is 0 Å². The fraction of sp³-hybridized carbons (Fsp3) is 1.00. The first-order valence-corrected chi connectivity index (χ1v) is 5.30. The smallest absolute Gasteiger partial charge is 0.0586 e. The molecule has 60 valence electrons. The second-order valence-corrected chi connectivity index (χ2v) is 3.89. The zero-order valence-electron chi connectivity index (χ0n) is 6.80. The van der Waals surface area contributed by atoms with E-state index in [-0.39, 0.29) is 0 Å².